The maximum Gasteiger partial charge on any atom is 0.253 e. The summed E-state index contributed by atoms with van der Waals surface area (Å²) in [5.74, 6) is 0. The summed E-state index contributed by atoms with van der Waals surface area (Å²) >= 11 is 6.20. The Bertz CT molecular complexity index is 778. The van der Waals surface area contributed by atoms with Crippen LogP contribution in [0.5, 0.6) is 0 Å². The van der Waals surface area contributed by atoms with Crippen LogP contribution in [-0.2, 0) is 6.54 Å². The first-order chi connectivity index (χ1) is 11.6. The van der Waals surface area contributed by atoms with Crippen LogP contribution in [0.1, 0.15) is 5.56 Å². The predicted molar refractivity (Wildman–Crippen MR) is 95.9 cm³/mol. The number of hydrogen-bond acceptors (Lipinski definition) is 6. The van der Waals surface area contributed by atoms with Crippen LogP contribution >= 0.6 is 11.6 Å². The van der Waals surface area contributed by atoms with Gasteiger partial charge in [0.2, 0.25) is 0 Å². The van der Waals surface area contributed by atoms with Crippen LogP contribution < -0.4 is 21.1 Å². The average Bonchev–Trinajstić information content (AvgIpc) is 2.61. The number of rotatable bonds is 6. The Morgan fingerprint density at radius 1 is 1.08 bits per heavy atom. The fraction of sp³-hybridized carbons (Fsp3) is 0.412. The van der Waals surface area contributed by atoms with E-state index in [0.29, 0.717) is 24.5 Å². The SMILES string of the molecule is O=c1c(NCCO)c(N2CCN(Cc3ccccc3Cl)CC2)c1=O. The zero-order valence-electron chi connectivity index (χ0n) is 13.3. The van der Waals surface area contributed by atoms with Crippen molar-refractivity contribution in [2.75, 3.05) is 49.5 Å². The van der Waals surface area contributed by atoms with Gasteiger partial charge in [-0.2, -0.15) is 0 Å². The summed E-state index contributed by atoms with van der Waals surface area (Å²) in [4.78, 5) is 27.8. The number of halogens is 1. The first-order valence-corrected chi connectivity index (χ1v) is 8.38. The summed E-state index contributed by atoms with van der Waals surface area (Å²) in [7, 11) is 0. The number of aliphatic hydroxyl groups excluding tert-OH is 1. The zero-order chi connectivity index (χ0) is 17.1. The highest BCUT2D eigenvalue weighted by molar-refractivity contribution is 6.31. The highest BCUT2D eigenvalue weighted by Crippen LogP contribution is 2.23. The van der Waals surface area contributed by atoms with E-state index < -0.39 is 10.9 Å². The molecule has 1 fully saturated rings. The molecule has 7 heteroatoms. The third kappa shape index (κ3) is 3.31. The third-order valence-corrected chi connectivity index (χ3v) is 4.71. The van der Waals surface area contributed by atoms with Gasteiger partial charge in [0.15, 0.2) is 0 Å². The number of hydrogen-bond donors (Lipinski definition) is 2. The summed E-state index contributed by atoms with van der Waals surface area (Å²) < 4.78 is 0. The quantitative estimate of drug-likeness (QED) is 0.747. The van der Waals surface area contributed by atoms with Crippen LogP contribution in [0.4, 0.5) is 11.4 Å². The molecule has 1 aliphatic rings. The van der Waals surface area contributed by atoms with Crippen molar-refractivity contribution < 1.29 is 5.11 Å². The van der Waals surface area contributed by atoms with Crippen LogP contribution in [0.25, 0.3) is 0 Å². The lowest BCUT2D eigenvalue weighted by Gasteiger charge is -2.37. The monoisotopic (exact) mass is 349 g/mol. The molecule has 2 N–H and O–H groups in total. The molecule has 6 nitrogen and oxygen atoms in total. The first-order valence-electron chi connectivity index (χ1n) is 8.00. The lowest BCUT2D eigenvalue weighted by Crippen LogP contribution is -2.51. The Balaban J connectivity index is 1.62. The molecule has 0 aliphatic carbocycles. The summed E-state index contributed by atoms with van der Waals surface area (Å²) in [5.41, 5.74) is 0.971. The van der Waals surface area contributed by atoms with Crippen molar-refractivity contribution in [3.63, 3.8) is 0 Å². The predicted octanol–water partition coefficient (Wildman–Crippen LogP) is 0.662. The number of anilines is 2. The largest absolute Gasteiger partial charge is 0.395 e. The average molecular weight is 350 g/mol. The van der Waals surface area contributed by atoms with E-state index in [0.717, 1.165) is 30.2 Å². The van der Waals surface area contributed by atoms with Crippen molar-refractivity contribution in [3.05, 3.63) is 55.3 Å². The molecule has 2 aromatic rings. The van der Waals surface area contributed by atoms with E-state index in [2.05, 4.69) is 10.2 Å². The van der Waals surface area contributed by atoms with Crippen LogP contribution in [0.3, 0.4) is 0 Å². The molecule has 0 radical (unpaired) electrons. The number of nitrogens with zero attached hydrogens (tertiary/aromatic N) is 2. The molecular weight excluding hydrogens is 330 g/mol. The Morgan fingerprint density at radius 2 is 1.79 bits per heavy atom. The standard InChI is InChI=1S/C17H20ClN3O3/c18-13-4-2-1-3-12(13)11-20-6-8-21(9-7-20)15-14(19-5-10-22)16(23)17(15)24/h1-4,19,22H,5-11H2. The molecule has 0 unspecified atom stereocenters. The Morgan fingerprint density at radius 3 is 2.46 bits per heavy atom. The molecule has 3 rings (SSSR count). The number of benzene rings is 1. The molecule has 0 saturated carbocycles. The molecule has 1 heterocycles. The van der Waals surface area contributed by atoms with Crippen LogP contribution in [0.2, 0.25) is 5.02 Å². The molecule has 1 aliphatic heterocycles. The van der Waals surface area contributed by atoms with E-state index >= 15 is 0 Å². The number of nitrogens with one attached hydrogen (secondary N) is 1. The Labute approximate surface area is 145 Å². The minimum Gasteiger partial charge on any atom is -0.395 e. The van der Waals surface area contributed by atoms with Gasteiger partial charge in [-0.1, -0.05) is 29.8 Å². The lowest BCUT2D eigenvalue weighted by atomic mass is 10.1. The molecule has 1 saturated heterocycles. The van der Waals surface area contributed by atoms with E-state index in [1.807, 2.05) is 29.2 Å². The minimum absolute atomic E-state index is 0.0795. The number of piperazine rings is 1. The van der Waals surface area contributed by atoms with Crippen LogP contribution in [0, 0.1) is 0 Å². The molecular formula is C17H20ClN3O3. The van der Waals surface area contributed by atoms with Gasteiger partial charge >= 0.3 is 0 Å². The van der Waals surface area contributed by atoms with Crippen molar-refractivity contribution in [3.8, 4) is 0 Å². The highest BCUT2D eigenvalue weighted by Gasteiger charge is 2.28. The molecule has 0 spiro atoms. The second-order valence-electron chi connectivity index (χ2n) is 5.89. The van der Waals surface area contributed by atoms with Gasteiger partial charge in [-0.25, -0.2) is 0 Å². The summed E-state index contributed by atoms with van der Waals surface area (Å²) in [6, 6.07) is 7.79. The van der Waals surface area contributed by atoms with Crippen molar-refractivity contribution in [2.45, 2.75) is 6.54 Å². The lowest BCUT2D eigenvalue weighted by molar-refractivity contribution is 0.249. The van der Waals surface area contributed by atoms with E-state index in [9.17, 15) is 9.59 Å². The summed E-state index contributed by atoms with van der Waals surface area (Å²) in [6.07, 6.45) is 0. The van der Waals surface area contributed by atoms with E-state index in [-0.39, 0.29) is 13.2 Å². The fourth-order valence-electron chi connectivity index (χ4n) is 3.02. The highest BCUT2D eigenvalue weighted by atomic mass is 35.5. The molecule has 24 heavy (non-hydrogen) atoms. The second-order valence-corrected chi connectivity index (χ2v) is 6.29. The smallest absolute Gasteiger partial charge is 0.253 e. The number of aliphatic hydroxyl groups is 1. The van der Waals surface area contributed by atoms with Crippen molar-refractivity contribution in [2.24, 2.45) is 0 Å². The van der Waals surface area contributed by atoms with Crippen molar-refractivity contribution in [1.82, 2.24) is 4.90 Å². The molecule has 0 amide bonds. The zero-order valence-corrected chi connectivity index (χ0v) is 14.1. The van der Waals surface area contributed by atoms with Gasteiger partial charge < -0.3 is 15.3 Å². The third-order valence-electron chi connectivity index (χ3n) is 4.34. The van der Waals surface area contributed by atoms with Gasteiger partial charge in [0, 0.05) is 44.3 Å². The molecule has 0 aromatic heterocycles. The molecule has 128 valence electrons. The van der Waals surface area contributed by atoms with Crippen LogP contribution in [0.15, 0.2) is 33.9 Å². The van der Waals surface area contributed by atoms with E-state index in [1.54, 1.807) is 0 Å². The minimum atomic E-state index is -0.489. The van der Waals surface area contributed by atoms with E-state index in [4.69, 9.17) is 16.7 Å². The normalized spacial score (nSPS) is 15.8. The first kappa shape index (κ1) is 17.0. The molecule has 0 bridgehead atoms. The van der Waals surface area contributed by atoms with Gasteiger partial charge in [0.05, 0.1) is 6.61 Å². The Kier molecular flexibility index (Phi) is 5.18. The summed E-state index contributed by atoms with van der Waals surface area (Å²) in [5, 5.41) is 12.5. The van der Waals surface area contributed by atoms with Gasteiger partial charge in [-0.3, -0.25) is 14.5 Å². The second kappa shape index (κ2) is 7.34. The molecule has 0 atom stereocenters. The van der Waals surface area contributed by atoms with Gasteiger partial charge in [-0.15, -0.1) is 0 Å². The van der Waals surface area contributed by atoms with Gasteiger partial charge in [-0.05, 0) is 11.6 Å². The van der Waals surface area contributed by atoms with Crippen molar-refractivity contribution >= 4 is 23.0 Å². The fourth-order valence-corrected chi connectivity index (χ4v) is 3.22. The van der Waals surface area contributed by atoms with Gasteiger partial charge in [0.25, 0.3) is 10.9 Å². The topological polar surface area (TPSA) is 72.9 Å². The van der Waals surface area contributed by atoms with E-state index in [1.165, 1.54) is 0 Å². The van der Waals surface area contributed by atoms with Crippen LogP contribution in [-0.4, -0.2) is 49.3 Å². The van der Waals surface area contributed by atoms with Gasteiger partial charge in [0.1, 0.15) is 11.4 Å². The maximum atomic E-state index is 11.9. The maximum absolute atomic E-state index is 11.9. The molecule has 2 aromatic carbocycles. The summed E-state index contributed by atoms with van der Waals surface area (Å²) in [6.45, 7) is 3.92. The Hall–Kier alpha value is -1.89. The van der Waals surface area contributed by atoms with Crippen molar-refractivity contribution in [1.29, 1.82) is 0 Å².